The van der Waals surface area contributed by atoms with E-state index >= 15 is 0 Å². The fourth-order valence-corrected chi connectivity index (χ4v) is 3.76. The summed E-state index contributed by atoms with van der Waals surface area (Å²) in [4.78, 5) is 31.1. The fourth-order valence-electron chi connectivity index (χ4n) is 3.76. The largest absolute Gasteiger partial charge is 0.335 e. The van der Waals surface area contributed by atoms with Gasteiger partial charge in [0.05, 0.1) is 12.2 Å². The van der Waals surface area contributed by atoms with Gasteiger partial charge in [-0.2, -0.15) is 0 Å². The third-order valence-electron chi connectivity index (χ3n) is 5.15. The maximum Gasteiger partial charge on any atom is 0.317 e. The second kappa shape index (κ2) is 6.74. The van der Waals surface area contributed by atoms with E-state index in [9.17, 15) is 9.59 Å². The first-order chi connectivity index (χ1) is 12.2. The first kappa shape index (κ1) is 15.9. The molecule has 0 bridgehead atoms. The molecule has 25 heavy (non-hydrogen) atoms. The van der Waals surface area contributed by atoms with Gasteiger partial charge in [0.15, 0.2) is 5.82 Å². The molecule has 132 valence electrons. The van der Waals surface area contributed by atoms with Gasteiger partial charge in [-0.1, -0.05) is 25.3 Å². The molecule has 2 aromatic rings. The molecule has 4 rings (SSSR count). The number of aromatic amines is 1. The number of rotatable bonds is 2. The molecule has 7 heteroatoms. The van der Waals surface area contributed by atoms with E-state index in [0.717, 1.165) is 24.1 Å². The van der Waals surface area contributed by atoms with Crippen molar-refractivity contribution in [2.75, 3.05) is 6.54 Å². The van der Waals surface area contributed by atoms with Gasteiger partial charge in [0.1, 0.15) is 0 Å². The van der Waals surface area contributed by atoms with E-state index in [1.54, 1.807) is 17.2 Å². The summed E-state index contributed by atoms with van der Waals surface area (Å²) in [7, 11) is 0. The van der Waals surface area contributed by atoms with E-state index in [4.69, 9.17) is 0 Å². The SMILES string of the molecule is O=C(NC1CCCCC1)N1CCc2c([nH]n(-c3ccccn3)c2=O)C1. The summed E-state index contributed by atoms with van der Waals surface area (Å²) < 4.78 is 1.47. The first-order valence-electron chi connectivity index (χ1n) is 9.02. The Morgan fingerprint density at radius 2 is 2.08 bits per heavy atom. The Bertz CT molecular complexity index is 805. The van der Waals surface area contributed by atoms with Crippen molar-refractivity contribution in [3.8, 4) is 5.82 Å². The second-order valence-corrected chi connectivity index (χ2v) is 6.85. The molecule has 0 saturated heterocycles. The van der Waals surface area contributed by atoms with Gasteiger partial charge in [-0.3, -0.25) is 9.89 Å². The van der Waals surface area contributed by atoms with E-state index in [2.05, 4.69) is 15.4 Å². The molecule has 1 saturated carbocycles. The Labute approximate surface area is 146 Å². The number of urea groups is 1. The van der Waals surface area contributed by atoms with E-state index in [0.29, 0.717) is 31.4 Å². The van der Waals surface area contributed by atoms with Crippen molar-refractivity contribution < 1.29 is 4.79 Å². The molecule has 2 aromatic heterocycles. The molecule has 0 unspecified atom stereocenters. The van der Waals surface area contributed by atoms with Gasteiger partial charge in [0, 0.05) is 24.3 Å². The minimum Gasteiger partial charge on any atom is -0.335 e. The lowest BCUT2D eigenvalue weighted by Crippen LogP contribution is -2.47. The zero-order chi connectivity index (χ0) is 17.2. The average molecular weight is 341 g/mol. The number of hydrogen-bond donors (Lipinski definition) is 2. The maximum absolute atomic E-state index is 12.6. The molecule has 1 aliphatic heterocycles. The molecule has 2 aliphatic rings. The lowest BCUT2D eigenvalue weighted by atomic mass is 9.96. The molecule has 1 fully saturated rings. The number of carbonyl (C=O) groups excluding carboxylic acids is 1. The molecule has 2 N–H and O–H groups in total. The second-order valence-electron chi connectivity index (χ2n) is 6.85. The number of H-pyrrole nitrogens is 1. The minimum absolute atomic E-state index is 0.0241. The van der Waals surface area contributed by atoms with Gasteiger partial charge in [0.25, 0.3) is 5.56 Å². The number of carbonyl (C=O) groups is 1. The highest BCUT2D eigenvalue weighted by Crippen LogP contribution is 2.19. The summed E-state index contributed by atoms with van der Waals surface area (Å²) >= 11 is 0. The zero-order valence-corrected chi connectivity index (χ0v) is 14.2. The van der Waals surface area contributed by atoms with Crippen molar-refractivity contribution in [2.45, 2.75) is 51.1 Å². The Kier molecular flexibility index (Phi) is 4.29. The smallest absolute Gasteiger partial charge is 0.317 e. The summed E-state index contributed by atoms with van der Waals surface area (Å²) in [6, 6.07) is 5.72. The molecule has 0 spiro atoms. The van der Waals surface area contributed by atoms with Crippen LogP contribution in [-0.4, -0.2) is 38.3 Å². The predicted molar refractivity (Wildman–Crippen MR) is 93.7 cm³/mol. The Balaban J connectivity index is 1.49. The molecular weight excluding hydrogens is 318 g/mol. The third-order valence-corrected chi connectivity index (χ3v) is 5.15. The Morgan fingerprint density at radius 3 is 2.84 bits per heavy atom. The highest BCUT2D eigenvalue weighted by molar-refractivity contribution is 5.74. The minimum atomic E-state index is -0.0685. The van der Waals surface area contributed by atoms with E-state index in [1.165, 1.54) is 23.9 Å². The number of pyridine rings is 1. The topological polar surface area (TPSA) is 83.0 Å². The van der Waals surface area contributed by atoms with Gasteiger partial charge >= 0.3 is 6.03 Å². The van der Waals surface area contributed by atoms with Crippen LogP contribution in [0.1, 0.15) is 43.4 Å². The summed E-state index contributed by atoms with van der Waals surface area (Å²) in [6.07, 6.45) is 8.01. The average Bonchev–Trinajstić information content (AvgIpc) is 2.99. The van der Waals surface area contributed by atoms with Crippen LogP contribution in [0.25, 0.3) is 5.82 Å². The van der Waals surface area contributed by atoms with Crippen LogP contribution in [0.2, 0.25) is 0 Å². The van der Waals surface area contributed by atoms with Crippen molar-refractivity contribution in [3.63, 3.8) is 0 Å². The number of nitrogens with zero attached hydrogens (tertiary/aromatic N) is 3. The van der Waals surface area contributed by atoms with Gasteiger partial charge in [-0.15, -0.1) is 0 Å². The maximum atomic E-state index is 12.6. The molecule has 2 amide bonds. The van der Waals surface area contributed by atoms with Gasteiger partial charge < -0.3 is 10.2 Å². The lowest BCUT2D eigenvalue weighted by Gasteiger charge is -2.30. The summed E-state index contributed by atoms with van der Waals surface area (Å²) in [5.74, 6) is 0.570. The van der Waals surface area contributed by atoms with Crippen LogP contribution < -0.4 is 10.9 Å². The van der Waals surface area contributed by atoms with Gasteiger partial charge in [-0.25, -0.2) is 14.5 Å². The monoisotopic (exact) mass is 341 g/mol. The van der Waals surface area contributed by atoms with E-state index < -0.39 is 0 Å². The van der Waals surface area contributed by atoms with Crippen LogP contribution in [0.15, 0.2) is 29.2 Å². The quantitative estimate of drug-likeness (QED) is 0.876. The van der Waals surface area contributed by atoms with Gasteiger partial charge in [0.2, 0.25) is 0 Å². The third kappa shape index (κ3) is 3.18. The highest BCUT2D eigenvalue weighted by Gasteiger charge is 2.27. The molecule has 3 heterocycles. The first-order valence-corrected chi connectivity index (χ1v) is 9.02. The van der Waals surface area contributed by atoms with E-state index in [-0.39, 0.29) is 11.6 Å². The van der Waals surface area contributed by atoms with Crippen LogP contribution >= 0.6 is 0 Å². The van der Waals surface area contributed by atoms with Crippen molar-refractivity contribution >= 4 is 6.03 Å². The van der Waals surface area contributed by atoms with E-state index in [1.807, 2.05) is 12.1 Å². The predicted octanol–water partition coefficient (Wildman–Crippen LogP) is 1.96. The molecule has 7 nitrogen and oxygen atoms in total. The highest BCUT2D eigenvalue weighted by atomic mass is 16.2. The number of nitrogens with one attached hydrogen (secondary N) is 2. The van der Waals surface area contributed by atoms with Crippen molar-refractivity contribution in [1.29, 1.82) is 0 Å². The molecule has 0 radical (unpaired) electrons. The number of fused-ring (bicyclic) bond motifs is 1. The molecular formula is C18H23N5O2. The van der Waals surface area contributed by atoms with Crippen LogP contribution in [0, 0.1) is 0 Å². The fraction of sp³-hybridized carbons (Fsp3) is 0.500. The number of aromatic nitrogens is 3. The number of amides is 2. The Hall–Kier alpha value is -2.57. The summed E-state index contributed by atoms with van der Waals surface area (Å²) in [6.45, 7) is 1.00. The summed E-state index contributed by atoms with van der Waals surface area (Å²) in [5.41, 5.74) is 1.49. The van der Waals surface area contributed by atoms with Crippen LogP contribution in [0.5, 0.6) is 0 Å². The van der Waals surface area contributed by atoms with Gasteiger partial charge in [-0.05, 0) is 31.4 Å². The number of hydrogen-bond acceptors (Lipinski definition) is 3. The van der Waals surface area contributed by atoms with Crippen LogP contribution in [0.4, 0.5) is 4.79 Å². The van der Waals surface area contributed by atoms with Crippen molar-refractivity contribution in [1.82, 2.24) is 25.0 Å². The normalized spacial score (nSPS) is 18.0. The lowest BCUT2D eigenvalue weighted by molar-refractivity contribution is 0.184. The Morgan fingerprint density at radius 1 is 1.24 bits per heavy atom. The van der Waals surface area contributed by atoms with Crippen molar-refractivity contribution in [2.24, 2.45) is 0 Å². The van der Waals surface area contributed by atoms with Crippen molar-refractivity contribution in [3.05, 3.63) is 46.0 Å². The molecule has 0 aromatic carbocycles. The zero-order valence-electron chi connectivity index (χ0n) is 14.2. The molecule has 0 atom stereocenters. The summed E-state index contributed by atoms with van der Waals surface area (Å²) in [5, 5.41) is 6.28. The van der Waals surface area contributed by atoms with Crippen LogP contribution in [-0.2, 0) is 13.0 Å². The van der Waals surface area contributed by atoms with Crippen LogP contribution in [0.3, 0.4) is 0 Å². The molecule has 1 aliphatic carbocycles. The standard InChI is InChI=1S/C18H23N5O2/c24-17-14-9-11-22(18(25)20-13-6-2-1-3-7-13)12-15(14)21-23(17)16-8-4-5-10-19-16/h4-5,8,10,13,21H,1-3,6-7,9,11-12H2,(H,20,25).